The highest BCUT2D eigenvalue weighted by molar-refractivity contribution is 7.89. The van der Waals surface area contributed by atoms with E-state index in [4.69, 9.17) is 39.2 Å². The molecule has 4 aliphatic heterocycles. The first-order valence-electron chi connectivity index (χ1n) is 30.3. The molecule has 0 saturated carbocycles. The molecule has 0 aromatic heterocycles. The summed E-state index contributed by atoms with van der Waals surface area (Å²) in [5, 5.41) is 8.93. The fraction of sp³-hybridized carbons (Fsp3) is 0.244. The summed E-state index contributed by atoms with van der Waals surface area (Å²) in [6.07, 6.45) is 6.63. The van der Waals surface area contributed by atoms with Crippen LogP contribution in [0.25, 0.3) is 4.85 Å². The lowest BCUT2D eigenvalue weighted by Crippen LogP contribution is -2.55. The average Bonchev–Trinajstić information content (AvgIpc) is 1.69. The van der Waals surface area contributed by atoms with Crippen LogP contribution in [0, 0.1) is 232 Å². The lowest BCUT2D eigenvalue weighted by atomic mass is 10.00. The number of hydrogen-bond acceptors (Lipinski definition) is 12. The van der Waals surface area contributed by atoms with Crippen LogP contribution in [-0.2, 0) is 59.2 Å². The quantitative estimate of drug-likeness (QED) is 0.146. The molecule has 4 heterocycles. The molecule has 19 heteroatoms. The van der Waals surface area contributed by atoms with Gasteiger partial charge in [-0.2, -0.15) is 18.2 Å². The summed E-state index contributed by atoms with van der Waals surface area (Å²) in [6, 6.07) is 28.7. The fourth-order valence-electron chi connectivity index (χ4n) is 9.49. The third-order valence-electron chi connectivity index (χ3n) is 14.2. The molecule has 0 atom stereocenters. The van der Waals surface area contributed by atoms with Crippen LogP contribution in [0.3, 0.4) is 0 Å². The van der Waals surface area contributed by atoms with E-state index in [0.717, 1.165) is 36.3 Å². The van der Waals surface area contributed by atoms with Crippen LogP contribution < -0.4 is 11.5 Å². The zero-order valence-corrected chi connectivity index (χ0v) is 57.7. The van der Waals surface area contributed by atoms with Gasteiger partial charge >= 0.3 is 0 Å². The first-order chi connectivity index (χ1) is 49.0. The largest absolute Gasteiger partial charge is 0.358 e. The van der Waals surface area contributed by atoms with E-state index in [2.05, 4.69) is 223 Å². The van der Waals surface area contributed by atoms with E-state index >= 15 is 0 Å². The van der Waals surface area contributed by atoms with E-state index in [1.807, 2.05) is 24.3 Å². The van der Waals surface area contributed by atoms with E-state index in [-0.39, 0.29) is 53.8 Å². The van der Waals surface area contributed by atoms with Crippen LogP contribution in [-0.4, -0.2) is 107 Å². The standard InChI is InChI=1S/C31H4.C22H22N4O3S.C21H28N4O5S2.C8H6/c1-3-5-7-9-11-13-15-17-19-21-23-25-27-29-31-30-28-26-24-22-20-18-16-14-12-10-8-6-4-2;1-24-20-6-8-21(9-7-20)30(27,28)26-14-15-29-22(26)10-12-25(13-11-22)17-19-4-2-18(16-23)3-5-19;22-15-17-1-5-19(6-2-17)31(26,27)24-11-9-21(10-12-24)25(13-14-30-21)32(28,29)20-7-3-18(16-23)4-8-20;1-3-5-7-8-6-4-2/h1H,2H3;2-9H,10-15,17H2;1-8H,9-16,22-23H2;1-2H3. The SMILES string of the molecule is C#CC#CC#CC#CC#CC#CC#CC#CC#CC#CC#CC#CC#CC#CC#CC.CC#CC#CC#CC.NCc1ccc(S(=O)(=O)N2CCC3(CC2)OCCN3S(=O)(=O)c2ccc(CN)cc2)cc1.[C-]#[N+]c1ccc(S(=O)(=O)N2CCOC23CCN(Cc2ccc(C#N)cc2)CC3)cc1. The van der Waals surface area contributed by atoms with Gasteiger partial charge in [0.25, 0.3) is 0 Å². The Hall–Kier alpha value is -12.5. The molecule has 0 amide bonds. The number of benzene rings is 4. The smallest absolute Gasteiger partial charge is 0.245 e. The molecule has 0 radical (unpaired) electrons. The lowest BCUT2D eigenvalue weighted by molar-refractivity contribution is -0.0917. The minimum absolute atomic E-state index is 0.166. The van der Waals surface area contributed by atoms with E-state index < -0.39 is 41.5 Å². The van der Waals surface area contributed by atoms with Gasteiger partial charge in [-0.1, -0.05) is 78.4 Å². The van der Waals surface area contributed by atoms with Crippen LogP contribution in [0.5, 0.6) is 0 Å². The predicted molar refractivity (Wildman–Crippen MR) is 388 cm³/mol. The van der Waals surface area contributed by atoms with Gasteiger partial charge in [0.05, 0.1) is 46.1 Å². The maximum absolute atomic E-state index is 13.3. The highest BCUT2D eigenvalue weighted by Gasteiger charge is 2.52. The molecule has 4 aromatic rings. The Morgan fingerprint density at radius 3 is 1.03 bits per heavy atom. The lowest BCUT2D eigenvalue weighted by Gasteiger charge is -2.42. The van der Waals surface area contributed by atoms with Gasteiger partial charge in [-0.05, 0) is 192 Å². The Bertz CT molecular complexity index is 5370. The molecule has 4 N–H and O–H groups in total. The fourth-order valence-corrected chi connectivity index (χ4v) is 14.4. The number of hydrogen-bond donors (Lipinski definition) is 2. The Balaban J connectivity index is 0.000000258. The second-order valence-electron chi connectivity index (χ2n) is 20.3. The van der Waals surface area contributed by atoms with Crippen molar-refractivity contribution in [2.45, 2.75) is 92.2 Å². The zero-order chi connectivity index (χ0) is 72.9. The zero-order valence-electron chi connectivity index (χ0n) is 55.3. The van der Waals surface area contributed by atoms with Gasteiger partial charge in [0.2, 0.25) is 30.1 Å². The molecule has 2 spiro atoms. The predicted octanol–water partition coefficient (Wildman–Crippen LogP) is 5.65. The van der Waals surface area contributed by atoms with Crippen molar-refractivity contribution < 1.29 is 34.7 Å². The van der Waals surface area contributed by atoms with Crippen molar-refractivity contribution in [3.8, 4) is 220 Å². The van der Waals surface area contributed by atoms with E-state index in [0.29, 0.717) is 50.3 Å². The number of ether oxygens (including phenoxy) is 2. The number of piperidine rings is 2. The van der Waals surface area contributed by atoms with Gasteiger partial charge in [0.15, 0.2) is 5.69 Å². The Morgan fingerprint density at radius 2 is 0.723 bits per heavy atom. The Morgan fingerprint density at radius 1 is 0.426 bits per heavy atom. The summed E-state index contributed by atoms with van der Waals surface area (Å²) in [5.74, 6) is 87.4. The van der Waals surface area contributed by atoms with E-state index in [1.165, 1.54) is 37.2 Å². The summed E-state index contributed by atoms with van der Waals surface area (Å²) >= 11 is 0. The van der Waals surface area contributed by atoms with Crippen LogP contribution in [0.15, 0.2) is 112 Å². The van der Waals surface area contributed by atoms with Crippen LogP contribution >= 0.6 is 0 Å². The topological polar surface area (TPSA) is 214 Å². The molecule has 0 bridgehead atoms. The second kappa shape index (κ2) is 42.9. The third kappa shape index (κ3) is 25.4. The van der Waals surface area contributed by atoms with Gasteiger partial charge in [0, 0.05) is 156 Å². The van der Waals surface area contributed by atoms with Crippen molar-refractivity contribution in [3.05, 3.63) is 131 Å². The third-order valence-corrected chi connectivity index (χ3v) is 20.1. The van der Waals surface area contributed by atoms with Crippen molar-refractivity contribution in [2.24, 2.45) is 11.5 Å². The Kier molecular flexibility index (Phi) is 33.6. The van der Waals surface area contributed by atoms with Crippen molar-refractivity contribution in [1.29, 1.82) is 5.26 Å². The first-order valence-corrected chi connectivity index (χ1v) is 34.7. The summed E-state index contributed by atoms with van der Waals surface area (Å²) in [6.45, 7) is 16.6. The van der Waals surface area contributed by atoms with Crippen molar-refractivity contribution in [2.75, 3.05) is 52.5 Å². The molecular weight excluding hydrogens is 1320 g/mol. The Labute approximate surface area is 596 Å². The number of nitriles is 1. The molecule has 101 heavy (non-hydrogen) atoms. The molecule has 0 aliphatic carbocycles. The monoisotopic (exact) mass is 1380 g/mol. The van der Waals surface area contributed by atoms with Gasteiger partial charge in [-0.15, -0.1) is 6.42 Å². The number of rotatable bonds is 10. The van der Waals surface area contributed by atoms with Gasteiger partial charge < -0.3 is 20.9 Å². The minimum atomic E-state index is -3.80. The normalized spacial score (nSPS) is 13.6. The first kappa shape index (κ1) is 79.2. The number of likely N-dealkylation sites (tertiary alicyclic amines) is 1. The molecule has 494 valence electrons. The van der Waals surface area contributed by atoms with Crippen molar-refractivity contribution in [1.82, 2.24) is 17.8 Å². The number of nitrogens with two attached hydrogens (primary N) is 2. The van der Waals surface area contributed by atoms with E-state index in [9.17, 15) is 25.3 Å². The van der Waals surface area contributed by atoms with Gasteiger partial charge in [-0.3, -0.25) is 4.90 Å². The van der Waals surface area contributed by atoms with E-state index in [1.54, 1.807) is 69.3 Å². The molecule has 4 aromatic carbocycles. The van der Waals surface area contributed by atoms with Crippen molar-refractivity contribution in [3.63, 3.8) is 0 Å². The molecule has 4 saturated heterocycles. The highest BCUT2D eigenvalue weighted by Crippen LogP contribution is 2.41. The number of sulfonamides is 3. The summed E-state index contributed by atoms with van der Waals surface area (Å²) < 4.78 is 95.6. The summed E-state index contributed by atoms with van der Waals surface area (Å²) in [7, 11) is -11.2. The molecule has 8 rings (SSSR count). The van der Waals surface area contributed by atoms with Gasteiger partial charge in [-0.25, -0.2) is 30.1 Å². The average molecular weight is 1380 g/mol. The second-order valence-corrected chi connectivity index (χ2v) is 26.0. The molecular formula is C82H60N8O8S3. The van der Waals surface area contributed by atoms with Gasteiger partial charge in [0.1, 0.15) is 11.4 Å². The summed E-state index contributed by atoms with van der Waals surface area (Å²) in [5.41, 5.74) is 13.2. The highest BCUT2D eigenvalue weighted by atomic mass is 32.2. The number of terminal acetylenes is 1. The maximum atomic E-state index is 13.3. The molecule has 0 unspecified atom stereocenters. The number of nitrogens with zero attached hydrogens (tertiary/aromatic N) is 6. The van der Waals surface area contributed by atoms with Crippen LogP contribution in [0.1, 0.15) is 68.7 Å². The summed E-state index contributed by atoms with van der Waals surface area (Å²) in [4.78, 5) is 6.17. The molecule has 16 nitrogen and oxygen atoms in total. The maximum Gasteiger partial charge on any atom is 0.245 e. The van der Waals surface area contributed by atoms with Crippen LogP contribution in [0.2, 0.25) is 0 Å². The van der Waals surface area contributed by atoms with Crippen molar-refractivity contribution >= 4 is 35.8 Å². The molecule has 4 aliphatic rings. The van der Waals surface area contributed by atoms with Crippen LogP contribution in [0.4, 0.5) is 5.69 Å². The molecule has 4 fully saturated rings. The minimum Gasteiger partial charge on any atom is -0.358 e.